The lowest BCUT2D eigenvalue weighted by atomic mass is 9.78. The maximum absolute atomic E-state index is 13.1. The van der Waals surface area contributed by atoms with Crippen LogP contribution in [-0.2, 0) is 19.1 Å². The number of urea groups is 1. The summed E-state index contributed by atoms with van der Waals surface area (Å²) in [6, 6.07) is 9.25. The molecule has 0 bridgehead atoms. The summed E-state index contributed by atoms with van der Waals surface area (Å²) in [7, 11) is 0. The lowest BCUT2D eigenvalue weighted by molar-refractivity contribution is -0.186. The van der Waals surface area contributed by atoms with Gasteiger partial charge in [0, 0.05) is 12.8 Å². The van der Waals surface area contributed by atoms with Crippen molar-refractivity contribution in [3.8, 4) is 0 Å². The van der Waals surface area contributed by atoms with Crippen LogP contribution >= 0.6 is 0 Å². The maximum atomic E-state index is 13.1. The van der Waals surface area contributed by atoms with Gasteiger partial charge >= 0.3 is 6.03 Å². The summed E-state index contributed by atoms with van der Waals surface area (Å²) in [4.78, 5) is 39.5. The largest absolute Gasteiger partial charge is 0.348 e. The maximum Gasteiger partial charge on any atom is 0.325 e. The SMILES string of the molecule is O=C(CN1C(=O)NC2(CCC3(CC2)OCCO3)C1=O)N[C@@H](c1ccccc1)C1CC1. The van der Waals surface area contributed by atoms with Crippen LogP contribution < -0.4 is 10.6 Å². The van der Waals surface area contributed by atoms with Crippen molar-refractivity contribution in [1.82, 2.24) is 15.5 Å². The van der Waals surface area contributed by atoms with Crippen molar-refractivity contribution in [2.45, 2.75) is 55.9 Å². The molecule has 8 nitrogen and oxygen atoms in total. The van der Waals surface area contributed by atoms with E-state index in [1.54, 1.807) is 0 Å². The Bertz CT molecular complexity index is 838. The Morgan fingerprint density at radius 3 is 2.40 bits per heavy atom. The Morgan fingerprint density at radius 1 is 1.10 bits per heavy atom. The number of ether oxygens (including phenoxy) is 2. The lowest BCUT2D eigenvalue weighted by Crippen LogP contribution is -2.53. The van der Waals surface area contributed by atoms with Crippen molar-refractivity contribution < 1.29 is 23.9 Å². The van der Waals surface area contributed by atoms with Crippen molar-refractivity contribution in [2.24, 2.45) is 5.92 Å². The van der Waals surface area contributed by atoms with E-state index >= 15 is 0 Å². The molecular formula is C22H27N3O5. The third kappa shape index (κ3) is 3.48. The first-order chi connectivity index (χ1) is 14.5. The van der Waals surface area contributed by atoms with Gasteiger partial charge < -0.3 is 20.1 Å². The van der Waals surface area contributed by atoms with Gasteiger partial charge in [-0.2, -0.15) is 0 Å². The molecule has 2 heterocycles. The van der Waals surface area contributed by atoms with Crippen LogP contribution in [-0.4, -0.2) is 53.8 Å². The van der Waals surface area contributed by atoms with Crippen molar-refractivity contribution >= 4 is 17.8 Å². The Kier molecular flexibility index (Phi) is 4.78. The number of hydrogen-bond donors (Lipinski definition) is 2. The average Bonchev–Trinajstić information content (AvgIpc) is 3.46. The van der Waals surface area contributed by atoms with Gasteiger partial charge in [-0.3, -0.25) is 14.5 Å². The van der Waals surface area contributed by atoms with E-state index < -0.39 is 17.4 Å². The molecule has 1 aromatic carbocycles. The highest BCUT2D eigenvalue weighted by Crippen LogP contribution is 2.43. The standard InChI is InChI=1S/C22H27N3O5/c26-17(23-18(16-6-7-16)15-4-2-1-3-5-15)14-25-19(27)21(24-20(25)28)8-10-22(11-9-21)29-12-13-30-22/h1-5,16,18H,6-14H2,(H,23,26)(H,24,28)/t18-/m0/s1. The number of benzene rings is 1. The minimum Gasteiger partial charge on any atom is -0.348 e. The average molecular weight is 413 g/mol. The molecular weight excluding hydrogens is 386 g/mol. The van der Waals surface area contributed by atoms with Crippen LogP contribution in [0.2, 0.25) is 0 Å². The van der Waals surface area contributed by atoms with Crippen LogP contribution in [0.5, 0.6) is 0 Å². The number of nitrogens with zero attached hydrogens (tertiary/aromatic N) is 1. The summed E-state index contributed by atoms with van der Waals surface area (Å²) in [5, 5.41) is 5.89. The quantitative estimate of drug-likeness (QED) is 0.719. The zero-order valence-corrected chi connectivity index (χ0v) is 16.9. The van der Waals surface area contributed by atoms with Gasteiger partial charge in [-0.05, 0) is 37.2 Å². The van der Waals surface area contributed by atoms with Crippen LogP contribution in [0.15, 0.2) is 30.3 Å². The number of amides is 4. The fraction of sp³-hybridized carbons (Fsp3) is 0.591. The van der Waals surface area contributed by atoms with E-state index in [-0.39, 0.29) is 24.4 Å². The minimum atomic E-state index is -0.951. The number of nitrogens with one attached hydrogen (secondary N) is 2. The van der Waals surface area contributed by atoms with Gasteiger partial charge in [-0.1, -0.05) is 30.3 Å². The van der Waals surface area contributed by atoms with Crippen LogP contribution in [0.25, 0.3) is 0 Å². The van der Waals surface area contributed by atoms with Gasteiger partial charge in [-0.15, -0.1) is 0 Å². The molecule has 4 fully saturated rings. The summed E-state index contributed by atoms with van der Waals surface area (Å²) in [5.74, 6) is -0.843. The van der Waals surface area contributed by atoms with Crippen LogP contribution in [0.1, 0.15) is 50.1 Å². The van der Waals surface area contributed by atoms with E-state index in [0.29, 0.717) is 44.8 Å². The molecule has 1 aromatic rings. The summed E-state index contributed by atoms with van der Waals surface area (Å²) >= 11 is 0. The van der Waals surface area contributed by atoms with Crippen LogP contribution in [0, 0.1) is 5.92 Å². The highest BCUT2D eigenvalue weighted by molar-refractivity contribution is 6.09. The monoisotopic (exact) mass is 413 g/mol. The topological polar surface area (TPSA) is 97.0 Å². The first-order valence-corrected chi connectivity index (χ1v) is 10.8. The summed E-state index contributed by atoms with van der Waals surface area (Å²) < 4.78 is 11.5. The number of imide groups is 1. The van der Waals surface area contributed by atoms with E-state index in [1.807, 2.05) is 30.3 Å². The van der Waals surface area contributed by atoms with Crippen molar-refractivity contribution in [2.75, 3.05) is 19.8 Å². The van der Waals surface area contributed by atoms with Gasteiger partial charge in [0.05, 0.1) is 19.3 Å². The second-order valence-electron chi connectivity index (χ2n) is 8.80. The van der Waals surface area contributed by atoms with E-state index in [9.17, 15) is 14.4 Å². The fourth-order valence-corrected chi connectivity index (χ4v) is 4.93. The second kappa shape index (κ2) is 7.35. The number of hydrogen-bond acceptors (Lipinski definition) is 5. The van der Waals surface area contributed by atoms with Gasteiger partial charge in [0.1, 0.15) is 12.1 Å². The Morgan fingerprint density at radius 2 is 1.77 bits per heavy atom. The number of carbonyl (C=O) groups is 3. The molecule has 160 valence electrons. The van der Waals surface area contributed by atoms with Gasteiger partial charge in [-0.25, -0.2) is 4.79 Å². The molecule has 2 spiro atoms. The van der Waals surface area contributed by atoms with Crippen molar-refractivity contribution in [1.29, 1.82) is 0 Å². The molecule has 4 aliphatic rings. The lowest BCUT2D eigenvalue weighted by Gasteiger charge is -2.39. The highest BCUT2D eigenvalue weighted by atomic mass is 16.7. The van der Waals surface area contributed by atoms with Gasteiger partial charge in [0.25, 0.3) is 5.91 Å². The third-order valence-corrected chi connectivity index (χ3v) is 6.80. The normalized spacial score (nSPS) is 25.5. The molecule has 0 radical (unpaired) electrons. The minimum absolute atomic E-state index is 0.0837. The molecule has 2 saturated carbocycles. The van der Waals surface area contributed by atoms with E-state index in [1.165, 1.54) is 0 Å². The summed E-state index contributed by atoms with van der Waals surface area (Å²) in [6.45, 7) is 0.854. The predicted molar refractivity (Wildman–Crippen MR) is 106 cm³/mol. The van der Waals surface area contributed by atoms with Crippen molar-refractivity contribution in [3.05, 3.63) is 35.9 Å². The first kappa shape index (κ1) is 19.5. The molecule has 4 amide bonds. The Balaban J connectivity index is 1.23. The Labute approximate surface area is 175 Å². The summed E-state index contributed by atoms with van der Waals surface area (Å²) in [5.41, 5.74) is 0.101. The highest BCUT2D eigenvalue weighted by Gasteiger charge is 2.56. The van der Waals surface area contributed by atoms with Gasteiger partial charge in [0.2, 0.25) is 5.91 Å². The third-order valence-electron chi connectivity index (χ3n) is 6.80. The van der Waals surface area contributed by atoms with Crippen LogP contribution in [0.4, 0.5) is 4.79 Å². The smallest absolute Gasteiger partial charge is 0.325 e. The summed E-state index contributed by atoms with van der Waals surface area (Å²) in [6.07, 6.45) is 4.14. The molecule has 5 rings (SSSR count). The number of rotatable bonds is 5. The van der Waals surface area contributed by atoms with E-state index in [0.717, 1.165) is 23.3 Å². The van der Waals surface area contributed by atoms with E-state index in [4.69, 9.17) is 9.47 Å². The molecule has 2 saturated heterocycles. The molecule has 8 heteroatoms. The van der Waals surface area contributed by atoms with Crippen molar-refractivity contribution in [3.63, 3.8) is 0 Å². The van der Waals surface area contributed by atoms with Crippen LogP contribution in [0.3, 0.4) is 0 Å². The molecule has 2 N–H and O–H groups in total. The zero-order valence-electron chi connectivity index (χ0n) is 16.9. The second-order valence-corrected chi connectivity index (χ2v) is 8.80. The predicted octanol–water partition coefficient (Wildman–Crippen LogP) is 1.86. The molecule has 0 unspecified atom stereocenters. The molecule has 30 heavy (non-hydrogen) atoms. The number of carbonyl (C=O) groups excluding carboxylic acids is 3. The molecule has 2 aliphatic heterocycles. The Hall–Kier alpha value is -2.45. The molecule has 0 aromatic heterocycles. The molecule has 2 aliphatic carbocycles. The van der Waals surface area contributed by atoms with Gasteiger partial charge in [0.15, 0.2) is 5.79 Å². The van der Waals surface area contributed by atoms with E-state index in [2.05, 4.69) is 10.6 Å². The first-order valence-electron chi connectivity index (χ1n) is 10.8. The molecule has 1 atom stereocenters. The zero-order chi connectivity index (χ0) is 20.8. The fourth-order valence-electron chi connectivity index (χ4n) is 4.93.